The third kappa shape index (κ3) is 5.71. The van der Waals surface area contributed by atoms with Crippen LogP contribution in [0.25, 0.3) is 0 Å². The quantitative estimate of drug-likeness (QED) is 0.637. The summed E-state index contributed by atoms with van der Waals surface area (Å²) in [6.07, 6.45) is 9.11. The normalized spacial score (nSPS) is 17.0. The number of amides is 2. The van der Waals surface area contributed by atoms with Crippen LogP contribution in [-0.4, -0.2) is 47.6 Å². The number of hydrogen-bond acceptors (Lipinski definition) is 4. The van der Waals surface area contributed by atoms with Crippen LogP contribution in [0.3, 0.4) is 0 Å². The fourth-order valence-corrected chi connectivity index (χ4v) is 4.17. The van der Waals surface area contributed by atoms with E-state index in [2.05, 4.69) is 5.32 Å². The van der Waals surface area contributed by atoms with Crippen molar-refractivity contribution in [1.82, 2.24) is 4.90 Å². The van der Waals surface area contributed by atoms with Gasteiger partial charge < -0.3 is 20.1 Å². The van der Waals surface area contributed by atoms with Crippen molar-refractivity contribution in [2.75, 3.05) is 25.1 Å². The highest BCUT2D eigenvalue weighted by atomic mass is 16.5. The lowest BCUT2D eigenvalue weighted by molar-refractivity contribution is -0.135. The zero-order chi connectivity index (χ0) is 19.8. The molecule has 2 N–H and O–H groups in total. The highest BCUT2D eigenvalue weighted by Crippen LogP contribution is 2.27. The summed E-state index contributed by atoms with van der Waals surface area (Å²) in [5.41, 5.74) is 1.99. The van der Waals surface area contributed by atoms with Crippen LogP contribution in [0.1, 0.15) is 63.4 Å². The number of anilines is 1. The second-order valence-electron chi connectivity index (χ2n) is 7.78. The molecule has 1 saturated carbocycles. The Morgan fingerprint density at radius 2 is 2.00 bits per heavy atom. The Bertz CT molecular complexity index is 671. The number of fused-ring (bicyclic) bond motifs is 1. The van der Waals surface area contributed by atoms with E-state index in [0.29, 0.717) is 32.0 Å². The van der Waals surface area contributed by atoms with Gasteiger partial charge in [0.05, 0.1) is 13.2 Å². The maximum absolute atomic E-state index is 12.6. The van der Waals surface area contributed by atoms with Crippen LogP contribution in [-0.2, 0) is 16.0 Å². The fraction of sp³-hybridized carbons (Fsp3) is 0.636. The highest BCUT2D eigenvalue weighted by molar-refractivity contribution is 5.94. The smallest absolute Gasteiger partial charge is 0.224 e. The number of nitrogens with one attached hydrogen (secondary N) is 1. The Labute approximate surface area is 167 Å². The van der Waals surface area contributed by atoms with Gasteiger partial charge in [-0.3, -0.25) is 9.59 Å². The first-order valence-electron chi connectivity index (χ1n) is 10.6. The van der Waals surface area contributed by atoms with Crippen LogP contribution in [0, 0.1) is 0 Å². The molecule has 154 valence electrons. The Morgan fingerprint density at radius 3 is 2.79 bits per heavy atom. The van der Waals surface area contributed by atoms with Gasteiger partial charge in [-0.25, -0.2) is 0 Å². The summed E-state index contributed by atoms with van der Waals surface area (Å²) in [7, 11) is 0. The molecule has 28 heavy (non-hydrogen) atoms. The molecular weight excluding hydrogens is 356 g/mol. The van der Waals surface area contributed by atoms with Crippen molar-refractivity contribution in [3.8, 4) is 5.75 Å². The standard InChI is InChI=1S/C22H32N2O4/c25-14-13-24(18-6-2-1-3-7-18)22(27)8-4-5-15-28-19-10-11-20-17(16-19)9-12-21(26)23-20/h10-11,16,18,25H,1-9,12-15H2,(H,23,26). The van der Waals surface area contributed by atoms with Gasteiger partial charge in [-0.2, -0.15) is 0 Å². The minimum atomic E-state index is 0.0319. The van der Waals surface area contributed by atoms with Crippen LogP contribution in [0.4, 0.5) is 5.69 Å². The van der Waals surface area contributed by atoms with E-state index in [1.807, 2.05) is 23.1 Å². The molecule has 6 heteroatoms. The lowest BCUT2D eigenvalue weighted by Gasteiger charge is -2.34. The van der Waals surface area contributed by atoms with Crippen molar-refractivity contribution in [1.29, 1.82) is 0 Å². The monoisotopic (exact) mass is 388 g/mol. The second kappa shape index (κ2) is 10.5. The predicted molar refractivity (Wildman–Crippen MR) is 108 cm³/mol. The third-order valence-electron chi connectivity index (χ3n) is 5.70. The lowest BCUT2D eigenvalue weighted by atomic mass is 9.94. The molecule has 2 amide bonds. The predicted octanol–water partition coefficient (Wildman–Crippen LogP) is 3.27. The Hall–Kier alpha value is -2.08. The van der Waals surface area contributed by atoms with Gasteiger partial charge in [0.1, 0.15) is 5.75 Å². The van der Waals surface area contributed by atoms with Gasteiger partial charge in [0, 0.05) is 31.1 Å². The summed E-state index contributed by atoms with van der Waals surface area (Å²) >= 11 is 0. The summed E-state index contributed by atoms with van der Waals surface area (Å²) in [6, 6.07) is 6.07. The molecule has 6 nitrogen and oxygen atoms in total. The zero-order valence-electron chi connectivity index (χ0n) is 16.6. The molecule has 1 aromatic carbocycles. The summed E-state index contributed by atoms with van der Waals surface area (Å²) in [5, 5.41) is 12.2. The van der Waals surface area contributed by atoms with Crippen molar-refractivity contribution in [3.63, 3.8) is 0 Å². The lowest BCUT2D eigenvalue weighted by Crippen LogP contribution is -2.43. The molecule has 1 aliphatic carbocycles. The fourth-order valence-electron chi connectivity index (χ4n) is 4.17. The minimum absolute atomic E-state index is 0.0319. The van der Waals surface area contributed by atoms with E-state index in [-0.39, 0.29) is 18.4 Å². The first-order valence-corrected chi connectivity index (χ1v) is 10.6. The molecule has 0 atom stereocenters. The number of nitrogens with zero attached hydrogens (tertiary/aromatic N) is 1. The molecule has 1 heterocycles. The first-order chi connectivity index (χ1) is 13.7. The number of aliphatic hydroxyl groups excluding tert-OH is 1. The summed E-state index contributed by atoms with van der Waals surface area (Å²) in [4.78, 5) is 25.9. The molecule has 1 aromatic rings. The van der Waals surface area contributed by atoms with Crippen LogP contribution >= 0.6 is 0 Å². The summed E-state index contributed by atoms with van der Waals surface area (Å²) in [6.45, 7) is 1.05. The van der Waals surface area contributed by atoms with Gasteiger partial charge in [0.25, 0.3) is 0 Å². The van der Waals surface area contributed by atoms with Gasteiger partial charge in [-0.1, -0.05) is 19.3 Å². The van der Waals surface area contributed by atoms with Gasteiger partial charge in [-0.05, 0) is 55.9 Å². The number of carbonyl (C=O) groups excluding carboxylic acids is 2. The Balaban J connectivity index is 1.39. The maximum Gasteiger partial charge on any atom is 0.224 e. The van der Waals surface area contributed by atoms with Crippen molar-refractivity contribution in [3.05, 3.63) is 23.8 Å². The molecule has 0 bridgehead atoms. The first kappa shape index (κ1) is 20.6. The van der Waals surface area contributed by atoms with E-state index in [1.54, 1.807) is 0 Å². The Kier molecular flexibility index (Phi) is 7.71. The van der Waals surface area contributed by atoms with Gasteiger partial charge >= 0.3 is 0 Å². The molecular formula is C22H32N2O4. The van der Waals surface area contributed by atoms with E-state index >= 15 is 0 Å². The average Bonchev–Trinajstić information content (AvgIpc) is 2.72. The van der Waals surface area contributed by atoms with Crippen LogP contribution in [0.15, 0.2) is 18.2 Å². The van der Waals surface area contributed by atoms with Gasteiger partial charge in [0.2, 0.25) is 11.8 Å². The molecule has 1 aliphatic heterocycles. The number of aliphatic hydroxyl groups is 1. The van der Waals surface area contributed by atoms with Crippen LogP contribution < -0.4 is 10.1 Å². The van der Waals surface area contributed by atoms with Gasteiger partial charge in [0.15, 0.2) is 0 Å². The van der Waals surface area contributed by atoms with E-state index in [1.165, 1.54) is 19.3 Å². The highest BCUT2D eigenvalue weighted by Gasteiger charge is 2.24. The van der Waals surface area contributed by atoms with Crippen LogP contribution in [0.2, 0.25) is 0 Å². The molecule has 0 spiro atoms. The van der Waals surface area contributed by atoms with Crippen molar-refractivity contribution in [2.24, 2.45) is 0 Å². The van der Waals surface area contributed by atoms with Crippen LogP contribution in [0.5, 0.6) is 5.75 Å². The van der Waals surface area contributed by atoms with Crippen molar-refractivity contribution in [2.45, 2.75) is 70.3 Å². The number of unbranched alkanes of at least 4 members (excludes halogenated alkanes) is 1. The third-order valence-corrected chi connectivity index (χ3v) is 5.70. The largest absolute Gasteiger partial charge is 0.494 e. The number of carbonyl (C=O) groups is 2. The average molecular weight is 389 g/mol. The number of benzene rings is 1. The molecule has 1 fully saturated rings. The van der Waals surface area contributed by atoms with Gasteiger partial charge in [-0.15, -0.1) is 0 Å². The summed E-state index contributed by atoms with van der Waals surface area (Å²) in [5.74, 6) is 1.03. The van der Waals surface area contributed by atoms with E-state index in [4.69, 9.17) is 4.74 Å². The Morgan fingerprint density at radius 1 is 1.18 bits per heavy atom. The van der Waals surface area contributed by atoms with E-state index < -0.39 is 0 Å². The number of ether oxygens (including phenoxy) is 1. The molecule has 2 aliphatic rings. The molecule has 0 unspecified atom stereocenters. The summed E-state index contributed by atoms with van der Waals surface area (Å²) < 4.78 is 5.83. The molecule has 0 radical (unpaired) electrons. The maximum atomic E-state index is 12.6. The molecule has 0 aromatic heterocycles. The second-order valence-corrected chi connectivity index (χ2v) is 7.78. The van der Waals surface area contributed by atoms with E-state index in [9.17, 15) is 14.7 Å². The minimum Gasteiger partial charge on any atom is -0.494 e. The number of rotatable bonds is 9. The number of hydrogen-bond donors (Lipinski definition) is 2. The molecule has 0 saturated heterocycles. The number of aryl methyl sites for hydroxylation is 1. The van der Waals surface area contributed by atoms with Crippen molar-refractivity contribution < 1.29 is 19.4 Å². The van der Waals surface area contributed by atoms with Crippen molar-refractivity contribution >= 4 is 17.5 Å². The topological polar surface area (TPSA) is 78.9 Å². The SMILES string of the molecule is O=C1CCc2cc(OCCCCC(=O)N(CCO)C3CCCCC3)ccc2N1. The van der Waals surface area contributed by atoms with E-state index in [0.717, 1.165) is 49.1 Å². The molecule has 3 rings (SSSR count). The zero-order valence-corrected chi connectivity index (χ0v) is 16.6.